The summed E-state index contributed by atoms with van der Waals surface area (Å²) in [5.74, 6) is 0. The van der Waals surface area contributed by atoms with Crippen molar-refractivity contribution in [1.82, 2.24) is 0 Å². The number of rotatable bonds is 10. The zero-order valence-corrected chi connectivity index (χ0v) is 12.2. The molecule has 0 N–H and O–H groups in total. The number of epoxide rings is 1. The van der Waals surface area contributed by atoms with Gasteiger partial charge in [0.2, 0.25) is 0 Å². The Labute approximate surface area is 105 Å². The highest BCUT2D eigenvalue weighted by Crippen LogP contribution is 2.19. The van der Waals surface area contributed by atoms with Gasteiger partial charge in [0.1, 0.15) is 12.4 Å². The smallest absolute Gasteiger partial charge is 0.374 e. The Kier molecular flexibility index (Phi) is 6.61. The van der Waals surface area contributed by atoms with Crippen LogP contribution in [0.2, 0.25) is 6.04 Å². The highest BCUT2D eigenvalue weighted by atomic mass is 28.4. The summed E-state index contributed by atoms with van der Waals surface area (Å²) < 4.78 is 27.9. The molecule has 1 heterocycles. The van der Waals surface area contributed by atoms with Crippen molar-refractivity contribution in [2.24, 2.45) is 0 Å². The summed E-state index contributed by atoms with van der Waals surface area (Å²) in [7, 11) is -2.55. The van der Waals surface area contributed by atoms with Crippen LogP contribution in [0.1, 0.15) is 27.7 Å². The van der Waals surface area contributed by atoms with Gasteiger partial charge in [0, 0.05) is 19.3 Å². The molecule has 1 fully saturated rings. The molecular weight excluding hydrogens is 240 g/mol. The second-order valence-corrected chi connectivity index (χ2v) is 6.76. The van der Waals surface area contributed by atoms with Gasteiger partial charge in [-0.05, 0) is 20.8 Å². The summed E-state index contributed by atoms with van der Waals surface area (Å²) >= 11 is 0. The van der Waals surface area contributed by atoms with Crippen molar-refractivity contribution in [2.45, 2.75) is 46.1 Å². The normalized spacial score (nSPS) is 21.5. The molecule has 0 aromatic rings. The van der Waals surface area contributed by atoms with Gasteiger partial charge in [-0.25, -0.2) is 0 Å². The summed E-state index contributed by atoms with van der Waals surface area (Å²) in [6.07, 6.45) is -0.0677. The molecule has 1 aliphatic rings. The van der Waals surface area contributed by atoms with Gasteiger partial charge in [0.15, 0.2) is 0 Å². The van der Waals surface area contributed by atoms with E-state index in [1.807, 2.05) is 27.7 Å². The van der Waals surface area contributed by atoms with E-state index in [-0.39, 0.29) is 12.4 Å². The molecule has 0 bridgehead atoms. The lowest BCUT2D eigenvalue weighted by Gasteiger charge is -2.30. The lowest BCUT2D eigenvalue weighted by Crippen LogP contribution is -2.48. The minimum Gasteiger partial charge on any atom is -0.374 e. The van der Waals surface area contributed by atoms with E-state index in [0.717, 1.165) is 12.7 Å². The third kappa shape index (κ3) is 5.46. The summed E-state index contributed by atoms with van der Waals surface area (Å²) in [5, 5.41) is 0. The van der Waals surface area contributed by atoms with Crippen LogP contribution in [-0.4, -0.2) is 47.6 Å². The van der Waals surface area contributed by atoms with E-state index in [4.69, 9.17) is 22.8 Å². The summed E-state index contributed by atoms with van der Waals surface area (Å²) in [5.41, 5.74) is 0. The zero-order valence-electron chi connectivity index (χ0n) is 11.2. The Bertz CT molecular complexity index is 204. The Morgan fingerprint density at radius 3 is 2.24 bits per heavy atom. The van der Waals surface area contributed by atoms with Crippen molar-refractivity contribution in [3.05, 3.63) is 0 Å². The quantitative estimate of drug-likeness (QED) is 0.342. The second-order valence-electron chi connectivity index (χ2n) is 3.88. The van der Waals surface area contributed by atoms with Gasteiger partial charge in [-0.15, -0.1) is 0 Å². The summed E-state index contributed by atoms with van der Waals surface area (Å²) in [6, 6.07) is 0.752. The fourth-order valence-corrected chi connectivity index (χ4v) is 3.78. The second kappa shape index (κ2) is 7.45. The summed E-state index contributed by atoms with van der Waals surface area (Å²) in [4.78, 5) is 0. The van der Waals surface area contributed by atoms with Gasteiger partial charge < -0.3 is 22.8 Å². The first-order chi connectivity index (χ1) is 8.15. The Morgan fingerprint density at radius 2 is 1.82 bits per heavy atom. The van der Waals surface area contributed by atoms with Gasteiger partial charge in [0.25, 0.3) is 0 Å². The SMILES string of the molecule is CCO[Si](CC)(OCC)OC(C)OCC1CO1. The third-order valence-corrected chi connectivity index (χ3v) is 5.44. The van der Waals surface area contributed by atoms with Crippen LogP contribution in [0.4, 0.5) is 0 Å². The van der Waals surface area contributed by atoms with E-state index >= 15 is 0 Å². The largest absolute Gasteiger partial charge is 0.502 e. The minimum absolute atomic E-state index is 0.248. The molecule has 0 aromatic carbocycles. The average molecular weight is 264 g/mol. The molecule has 0 saturated carbocycles. The molecule has 0 radical (unpaired) electrons. The minimum atomic E-state index is -2.55. The first kappa shape index (κ1) is 15.1. The fraction of sp³-hybridized carbons (Fsp3) is 1.00. The molecule has 2 atom stereocenters. The fourth-order valence-electron chi connectivity index (χ4n) is 1.53. The highest BCUT2D eigenvalue weighted by Gasteiger charge is 2.40. The van der Waals surface area contributed by atoms with Gasteiger partial charge in [-0.1, -0.05) is 6.92 Å². The molecule has 5 nitrogen and oxygen atoms in total. The maximum absolute atomic E-state index is 5.86. The lowest BCUT2D eigenvalue weighted by molar-refractivity contribution is -0.110. The van der Waals surface area contributed by atoms with E-state index < -0.39 is 8.80 Å². The number of hydrogen-bond donors (Lipinski definition) is 0. The highest BCUT2D eigenvalue weighted by molar-refractivity contribution is 6.60. The van der Waals surface area contributed by atoms with Crippen LogP contribution in [-0.2, 0) is 22.8 Å². The van der Waals surface area contributed by atoms with Crippen molar-refractivity contribution in [3.8, 4) is 0 Å². The Hall–Kier alpha value is 0.0169. The third-order valence-electron chi connectivity index (χ3n) is 2.43. The van der Waals surface area contributed by atoms with Crippen LogP contribution >= 0.6 is 0 Å². The molecule has 102 valence electrons. The first-order valence-electron chi connectivity index (χ1n) is 6.34. The molecular formula is C11H24O5Si. The molecule has 17 heavy (non-hydrogen) atoms. The van der Waals surface area contributed by atoms with Gasteiger partial charge in [0.05, 0.1) is 13.2 Å². The van der Waals surface area contributed by atoms with E-state index in [2.05, 4.69) is 0 Å². The van der Waals surface area contributed by atoms with Crippen molar-refractivity contribution >= 4 is 8.80 Å². The zero-order chi connectivity index (χ0) is 12.7. The van der Waals surface area contributed by atoms with Crippen LogP contribution < -0.4 is 0 Å². The van der Waals surface area contributed by atoms with Crippen LogP contribution in [0.25, 0.3) is 0 Å². The molecule has 6 heteroatoms. The molecule has 2 unspecified atom stereocenters. The maximum Gasteiger partial charge on any atom is 0.502 e. The topological polar surface area (TPSA) is 49.5 Å². The molecule has 0 spiro atoms. The van der Waals surface area contributed by atoms with Gasteiger partial charge in [-0.2, -0.15) is 0 Å². The van der Waals surface area contributed by atoms with Gasteiger partial charge >= 0.3 is 8.80 Å². The Balaban J connectivity index is 2.37. The maximum atomic E-state index is 5.86. The molecule has 1 aliphatic heterocycles. The van der Waals surface area contributed by atoms with E-state index in [9.17, 15) is 0 Å². The first-order valence-corrected chi connectivity index (χ1v) is 8.27. The Morgan fingerprint density at radius 1 is 1.24 bits per heavy atom. The lowest BCUT2D eigenvalue weighted by atomic mass is 10.5. The van der Waals surface area contributed by atoms with Gasteiger partial charge in [-0.3, -0.25) is 0 Å². The summed E-state index contributed by atoms with van der Waals surface area (Å²) in [6.45, 7) is 10.4. The molecule has 0 amide bonds. The number of ether oxygens (including phenoxy) is 2. The molecule has 1 rings (SSSR count). The monoisotopic (exact) mass is 264 g/mol. The van der Waals surface area contributed by atoms with Crippen molar-refractivity contribution in [3.63, 3.8) is 0 Å². The van der Waals surface area contributed by atoms with Crippen molar-refractivity contribution in [2.75, 3.05) is 26.4 Å². The molecule has 1 saturated heterocycles. The van der Waals surface area contributed by atoms with E-state index in [1.54, 1.807) is 0 Å². The predicted molar refractivity (Wildman–Crippen MR) is 65.7 cm³/mol. The molecule has 0 aromatic heterocycles. The van der Waals surface area contributed by atoms with Crippen LogP contribution in [0.15, 0.2) is 0 Å². The van der Waals surface area contributed by atoms with Crippen molar-refractivity contribution < 1.29 is 22.8 Å². The van der Waals surface area contributed by atoms with Crippen LogP contribution in [0.3, 0.4) is 0 Å². The van der Waals surface area contributed by atoms with E-state index in [1.165, 1.54) is 0 Å². The standard InChI is InChI=1S/C11H24O5Si/c1-5-14-17(7-3,15-6-2)16-10(4)12-8-11-9-13-11/h10-11H,5-9H2,1-4H3. The van der Waals surface area contributed by atoms with Crippen LogP contribution in [0, 0.1) is 0 Å². The molecule has 0 aliphatic carbocycles. The van der Waals surface area contributed by atoms with E-state index in [0.29, 0.717) is 19.8 Å². The average Bonchev–Trinajstić information content (AvgIpc) is 3.11. The van der Waals surface area contributed by atoms with Crippen LogP contribution in [0.5, 0.6) is 0 Å². The van der Waals surface area contributed by atoms with Crippen molar-refractivity contribution in [1.29, 1.82) is 0 Å². The number of hydrogen-bond acceptors (Lipinski definition) is 5. The predicted octanol–water partition coefficient (Wildman–Crippen LogP) is 1.80.